The molecule has 1 amide bonds. The molecule has 2 N–H and O–H groups in total. The Morgan fingerprint density at radius 3 is 2.85 bits per heavy atom. The van der Waals surface area contributed by atoms with Gasteiger partial charge >= 0.3 is 5.69 Å². The van der Waals surface area contributed by atoms with Crippen LogP contribution in [0.5, 0.6) is 0 Å². The number of aromatic amines is 1. The number of rotatable bonds is 2. The number of nitrogens with zero attached hydrogens (tertiary/aromatic N) is 2. The zero-order valence-corrected chi connectivity index (χ0v) is 7.20. The molecular weight excluding hydrogens is 172 g/mol. The number of amides is 1. The second-order valence-electron chi connectivity index (χ2n) is 3.15. The van der Waals surface area contributed by atoms with Crippen molar-refractivity contribution in [2.75, 3.05) is 0 Å². The number of hydrogen-bond donors (Lipinski definition) is 2. The van der Waals surface area contributed by atoms with Gasteiger partial charge in [0.2, 0.25) is 5.82 Å². The standard InChI is InChI=1S/C7H10N4O2/c1-11-7(13)9-5(10-11)6(12)8-4-2-3-4/h4H,2-3H2,1H3,(H,8,12)(H,9,10,13). The maximum Gasteiger partial charge on any atom is 0.343 e. The van der Waals surface area contributed by atoms with Crippen LogP contribution in [0.1, 0.15) is 23.5 Å². The molecule has 6 nitrogen and oxygen atoms in total. The van der Waals surface area contributed by atoms with E-state index < -0.39 is 0 Å². The van der Waals surface area contributed by atoms with Gasteiger partial charge in [-0.25, -0.2) is 9.48 Å². The molecule has 1 fully saturated rings. The molecule has 0 spiro atoms. The normalized spacial score (nSPS) is 15.8. The van der Waals surface area contributed by atoms with E-state index in [0.717, 1.165) is 17.5 Å². The van der Waals surface area contributed by atoms with Gasteiger partial charge in [-0.3, -0.25) is 9.78 Å². The number of H-pyrrole nitrogens is 1. The average molecular weight is 182 g/mol. The van der Waals surface area contributed by atoms with E-state index in [1.807, 2.05) is 0 Å². The molecule has 2 rings (SSSR count). The van der Waals surface area contributed by atoms with Gasteiger partial charge in [-0.15, -0.1) is 5.10 Å². The van der Waals surface area contributed by atoms with E-state index in [4.69, 9.17) is 0 Å². The minimum atomic E-state index is -0.374. The molecule has 6 heteroatoms. The van der Waals surface area contributed by atoms with Crippen molar-refractivity contribution in [1.82, 2.24) is 20.1 Å². The van der Waals surface area contributed by atoms with Gasteiger partial charge in [-0.1, -0.05) is 0 Å². The molecule has 13 heavy (non-hydrogen) atoms. The van der Waals surface area contributed by atoms with Gasteiger partial charge in [-0.05, 0) is 12.8 Å². The first kappa shape index (κ1) is 8.03. The molecule has 1 aliphatic rings. The summed E-state index contributed by atoms with van der Waals surface area (Å²) in [7, 11) is 1.49. The summed E-state index contributed by atoms with van der Waals surface area (Å²) in [5.74, 6) is -0.223. The van der Waals surface area contributed by atoms with E-state index in [-0.39, 0.29) is 23.5 Å². The molecule has 1 heterocycles. The maximum absolute atomic E-state index is 11.3. The Balaban J connectivity index is 2.14. The molecular formula is C7H10N4O2. The fourth-order valence-electron chi connectivity index (χ4n) is 0.986. The van der Waals surface area contributed by atoms with Crippen LogP contribution in [0.15, 0.2) is 4.79 Å². The number of aryl methyl sites for hydroxylation is 1. The maximum atomic E-state index is 11.3. The SMILES string of the molecule is Cn1nc(C(=O)NC2CC2)[nH]c1=O. The lowest BCUT2D eigenvalue weighted by atomic mass is 10.5. The molecule has 0 bridgehead atoms. The quantitative estimate of drug-likeness (QED) is 0.615. The van der Waals surface area contributed by atoms with Gasteiger partial charge in [0.05, 0.1) is 0 Å². The number of nitrogens with one attached hydrogen (secondary N) is 2. The summed E-state index contributed by atoms with van der Waals surface area (Å²) in [5, 5.41) is 6.45. The summed E-state index contributed by atoms with van der Waals surface area (Å²) >= 11 is 0. The zero-order chi connectivity index (χ0) is 9.42. The van der Waals surface area contributed by atoms with Crippen LogP contribution in [0.2, 0.25) is 0 Å². The number of carbonyl (C=O) groups is 1. The van der Waals surface area contributed by atoms with Crippen molar-refractivity contribution in [2.45, 2.75) is 18.9 Å². The van der Waals surface area contributed by atoms with Crippen LogP contribution < -0.4 is 11.0 Å². The molecule has 0 atom stereocenters. The molecule has 1 saturated carbocycles. The van der Waals surface area contributed by atoms with E-state index in [2.05, 4.69) is 15.4 Å². The first-order valence-electron chi connectivity index (χ1n) is 4.11. The lowest BCUT2D eigenvalue weighted by Gasteiger charge is -1.96. The Morgan fingerprint density at radius 2 is 2.38 bits per heavy atom. The van der Waals surface area contributed by atoms with Crippen molar-refractivity contribution in [3.8, 4) is 0 Å². The molecule has 1 aromatic heterocycles. The minimum Gasteiger partial charge on any atom is -0.347 e. The van der Waals surface area contributed by atoms with Crippen molar-refractivity contribution in [3.63, 3.8) is 0 Å². The van der Waals surface area contributed by atoms with Gasteiger partial charge in [0.15, 0.2) is 0 Å². The van der Waals surface area contributed by atoms with Crippen LogP contribution in [-0.2, 0) is 7.05 Å². The van der Waals surface area contributed by atoms with Crippen LogP contribution in [0.4, 0.5) is 0 Å². The summed E-state index contributed by atoms with van der Waals surface area (Å²) in [6.07, 6.45) is 2.03. The highest BCUT2D eigenvalue weighted by Crippen LogP contribution is 2.18. The predicted octanol–water partition coefficient (Wildman–Crippen LogP) is -0.999. The predicted molar refractivity (Wildman–Crippen MR) is 44.3 cm³/mol. The number of aromatic nitrogens is 3. The van der Waals surface area contributed by atoms with E-state index >= 15 is 0 Å². The first-order chi connectivity index (χ1) is 6.16. The van der Waals surface area contributed by atoms with Gasteiger partial charge in [0, 0.05) is 13.1 Å². The third kappa shape index (κ3) is 1.61. The van der Waals surface area contributed by atoms with E-state index in [1.54, 1.807) is 0 Å². The van der Waals surface area contributed by atoms with Crippen LogP contribution in [0.3, 0.4) is 0 Å². The minimum absolute atomic E-state index is 0.0828. The number of hydrogen-bond acceptors (Lipinski definition) is 3. The Hall–Kier alpha value is -1.59. The summed E-state index contributed by atoms with van der Waals surface area (Å²) in [6, 6.07) is 0.276. The Labute approximate surface area is 74.0 Å². The largest absolute Gasteiger partial charge is 0.347 e. The van der Waals surface area contributed by atoms with Gasteiger partial charge in [0.25, 0.3) is 5.91 Å². The van der Waals surface area contributed by atoms with Gasteiger partial charge in [0.1, 0.15) is 0 Å². The summed E-state index contributed by atoms with van der Waals surface area (Å²) in [5.41, 5.74) is -0.374. The van der Waals surface area contributed by atoms with Crippen molar-refractivity contribution in [3.05, 3.63) is 16.3 Å². The van der Waals surface area contributed by atoms with E-state index in [0.29, 0.717) is 0 Å². The highest BCUT2D eigenvalue weighted by molar-refractivity contribution is 5.90. The molecule has 0 radical (unpaired) electrons. The zero-order valence-electron chi connectivity index (χ0n) is 7.20. The molecule has 0 aliphatic heterocycles. The second kappa shape index (κ2) is 2.72. The molecule has 0 saturated heterocycles. The highest BCUT2D eigenvalue weighted by Gasteiger charge is 2.25. The Bertz CT molecular complexity index is 387. The van der Waals surface area contributed by atoms with Crippen molar-refractivity contribution < 1.29 is 4.79 Å². The lowest BCUT2D eigenvalue weighted by Crippen LogP contribution is -2.26. The van der Waals surface area contributed by atoms with Crippen molar-refractivity contribution in [2.24, 2.45) is 7.05 Å². The summed E-state index contributed by atoms with van der Waals surface area (Å²) in [4.78, 5) is 24.6. The third-order valence-corrected chi connectivity index (χ3v) is 1.90. The van der Waals surface area contributed by atoms with Gasteiger partial charge < -0.3 is 5.32 Å². The van der Waals surface area contributed by atoms with Crippen molar-refractivity contribution in [1.29, 1.82) is 0 Å². The third-order valence-electron chi connectivity index (χ3n) is 1.90. The fourth-order valence-corrected chi connectivity index (χ4v) is 0.986. The Morgan fingerprint density at radius 1 is 1.69 bits per heavy atom. The molecule has 0 unspecified atom stereocenters. The summed E-state index contributed by atoms with van der Waals surface area (Å²) < 4.78 is 1.10. The van der Waals surface area contributed by atoms with Crippen LogP contribution in [0, 0.1) is 0 Å². The van der Waals surface area contributed by atoms with Crippen molar-refractivity contribution >= 4 is 5.91 Å². The molecule has 1 aliphatic carbocycles. The van der Waals surface area contributed by atoms with Crippen LogP contribution >= 0.6 is 0 Å². The highest BCUT2D eigenvalue weighted by atomic mass is 16.2. The van der Waals surface area contributed by atoms with Crippen LogP contribution in [0.25, 0.3) is 0 Å². The monoisotopic (exact) mass is 182 g/mol. The summed E-state index contributed by atoms with van der Waals surface area (Å²) in [6.45, 7) is 0. The molecule has 1 aromatic rings. The van der Waals surface area contributed by atoms with E-state index in [1.165, 1.54) is 7.05 Å². The second-order valence-corrected chi connectivity index (χ2v) is 3.15. The lowest BCUT2D eigenvalue weighted by molar-refractivity contribution is 0.0940. The number of carbonyl (C=O) groups excluding carboxylic acids is 1. The first-order valence-corrected chi connectivity index (χ1v) is 4.11. The smallest absolute Gasteiger partial charge is 0.343 e. The molecule has 70 valence electrons. The topological polar surface area (TPSA) is 79.8 Å². The fraction of sp³-hybridized carbons (Fsp3) is 0.571. The Kier molecular flexibility index (Phi) is 1.68. The van der Waals surface area contributed by atoms with E-state index in [9.17, 15) is 9.59 Å². The van der Waals surface area contributed by atoms with Gasteiger partial charge in [-0.2, -0.15) is 0 Å². The average Bonchev–Trinajstić information content (AvgIpc) is 2.81. The molecule has 0 aromatic carbocycles. The van der Waals surface area contributed by atoms with Crippen LogP contribution in [-0.4, -0.2) is 26.7 Å².